The van der Waals surface area contributed by atoms with Crippen molar-refractivity contribution < 1.29 is 4.79 Å². The summed E-state index contributed by atoms with van der Waals surface area (Å²) in [7, 11) is 0. The lowest BCUT2D eigenvalue weighted by Crippen LogP contribution is -2.33. The molecule has 0 aliphatic carbocycles. The zero-order chi connectivity index (χ0) is 19.5. The number of fused-ring (bicyclic) bond motifs is 1. The molecular weight excluding hydrogens is 352 g/mol. The number of amides is 1. The molecule has 0 saturated heterocycles. The van der Waals surface area contributed by atoms with Crippen LogP contribution in [0, 0.1) is 0 Å². The third kappa shape index (κ3) is 3.40. The molecule has 1 unspecified atom stereocenters. The predicted molar refractivity (Wildman–Crippen MR) is 109 cm³/mol. The van der Waals surface area contributed by atoms with E-state index in [2.05, 4.69) is 15.4 Å². The van der Waals surface area contributed by atoms with Gasteiger partial charge in [0.2, 0.25) is 5.91 Å². The van der Waals surface area contributed by atoms with E-state index in [-0.39, 0.29) is 11.5 Å². The number of benzene rings is 2. The molecule has 0 aliphatic heterocycles. The molecule has 0 aliphatic rings. The molecule has 0 saturated carbocycles. The molecule has 0 fully saturated rings. The molecule has 1 amide bonds. The molecular formula is C22H18N4O2. The summed E-state index contributed by atoms with van der Waals surface area (Å²) in [6.07, 6.45) is 1.70. The number of carbonyl (C=O) groups excluding carboxylic acids is 1. The second-order valence-corrected chi connectivity index (χ2v) is 6.41. The minimum Gasteiger partial charge on any atom is -0.324 e. The molecule has 0 spiro atoms. The van der Waals surface area contributed by atoms with Gasteiger partial charge in [0, 0.05) is 23.2 Å². The first-order valence-corrected chi connectivity index (χ1v) is 8.93. The van der Waals surface area contributed by atoms with Gasteiger partial charge >= 0.3 is 0 Å². The van der Waals surface area contributed by atoms with Crippen molar-refractivity contribution in [2.24, 2.45) is 0 Å². The van der Waals surface area contributed by atoms with Crippen LogP contribution in [0.1, 0.15) is 13.0 Å². The van der Waals surface area contributed by atoms with E-state index >= 15 is 0 Å². The molecule has 4 aromatic rings. The van der Waals surface area contributed by atoms with E-state index in [9.17, 15) is 9.59 Å². The Morgan fingerprint density at radius 3 is 2.61 bits per heavy atom. The molecule has 2 heterocycles. The Hall–Kier alpha value is -3.80. The maximum Gasteiger partial charge on any atom is 0.267 e. The first-order chi connectivity index (χ1) is 13.6. The van der Waals surface area contributed by atoms with Crippen LogP contribution in [-0.2, 0) is 4.79 Å². The van der Waals surface area contributed by atoms with Crippen LogP contribution in [0.5, 0.6) is 0 Å². The largest absolute Gasteiger partial charge is 0.324 e. The number of aromatic nitrogens is 3. The summed E-state index contributed by atoms with van der Waals surface area (Å²) < 4.78 is 1.21. The Morgan fingerprint density at radius 1 is 0.964 bits per heavy atom. The first-order valence-electron chi connectivity index (χ1n) is 8.93. The van der Waals surface area contributed by atoms with Crippen LogP contribution in [0.2, 0.25) is 0 Å². The van der Waals surface area contributed by atoms with E-state index in [1.807, 2.05) is 60.7 Å². The lowest BCUT2D eigenvalue weighted by molar-refractivity contribution is -0.119. The van der Waals surface area contributed by atoms with Gasteiger partial charge in [-0.25, -0.2) is 4.68 Å². The van der Waals surface area contributed by atoms with E-state index in [4.69, 9.17) is 0 Å². The van der Waals surface area contributed by atoms with Gasteiger partial charge in [-0.3, -0.25) is 14.6 Å². The lowest BCUT2D eigenvalue weighted by atomic mass is 10.1. The molecule has 1 N–H and O–H groups in total. The fourth-order valence-corrected chi connectivity index (χ4v) is 3.03. The predicted octanol–water partition coefficient (Wildman–Crippen LogP) is 3.66. The maximum absolute atomic E-state index is 12.8. The van der Waals surface area contributed by atoms with Crippen LogP contribution < -0.4 is 10.9 Å². The van der Waals surface area contributed by atoms with Crippen LogP contribution >= 0.6 is 0 Å². The number of rotatable bonds is 4. The van der Waals surface area contributed by atoms with E-state index in [0.29, 0.717) is 11.4 Å². The van der Waals surface area contributed by atoms with Gasteiger partial charge in [-0.1, -0.05) is 36.4 Å². The monoisotopic (exact) mass is 370 g/mol. The van der Waals surface area contributed by atoms with Crippen molar-refractivity contribution in [3.63, 3.8) is 0 Å². The van der Waals surface area contributed by atoms with Gasteiger partial charge in [0.1, 0.15) is 6.04 Å². The summed E-state index contributed by atoms with van der Waals surface area (Å²) in [5.41, 5.74) is 2.61. The molecule has 0 bridgehead atoms. The Morgan fingerprint density at radius 2 is 1.79 bits per heavy atom. The van der Waals surface area contributed by atoms with E-state index < -0.39 is 6.04 Å². The van der Waals surface area contributed by atoms with Gasteiger partial charge in [0.15, 0.2) is 0 Å². The standard InChI is InChI=1S/C22H18N4O2/c1-15(22(28)24-20-11-5-10-19-17(20)9-6-14-23-19)26-21(27)13-12-18(25-26)16-7-3-2-4-8-16/h2-15H,1H3,(H,24,28). The average molecular weight is 370 g/mol. The summed E-state index contributed by atoms with van der Waals surface area (Å²) in [6.45, 7) is 1.65. The van der Waals surface area contributed by atoms with E-state index in [1.54, 1.807) is 19.2 Å². The second kappa shape index (κ2) is 7.44. The number of carbonyl (C=O) groups is 1. The highest BCUT2D eigenvalue weighted by atomic mass is 16.2. The summed E-state index contributed by atoms with van der Waals surface area (Å²) in [5, 5.41) is 8.13. The number of anilines is 1. The van der Waals surface area contributed by atoms with Gasteiger partial charge in [0.25, 0.3) is 5.56 Å². The number of nitrogens with one attached hydrogen (secondary N) is 1. The smallest absolute Gasteiger partial charge is 0.267 e. The van der Waals surface area contributed by atoms with Crippen molar-refractivity contribution in [3.05, 3.63) is 89.3 Å². The quantitative estimate of drug-likeness (QED) is 0.595. The zero-order valence-corrected chi connectivity index (χ0v) is 15.2. The van der Waals surface area contributed by atoms with Crippen molar-refractivity contribution >= 4 is 22.5 Å². The van der Waals surface area contributed by atoms with Crippen molar-refractivity contribution in [2.45, 2.75) is 13.0 Å². The average Bonchev–Trinajstić information content (AvgIpc) is 2.74. The Balaban J connectivity index is 1.65. The van der Waals surface area contributed by atoms with Crippen molar-refractivity contribution in [1.29, 1.82) is 0 Å². The topological polar surface area (TPSA) is 76.9 Å². The number of hydrogen-bond donors (Lipinski definition) is 1. The minimum absolute atomic E-state index is 0.323. The van der Waals surface area contributed by atoms with Crippen molar-refractivity contribution in [2.75, 3.05) is 5.32 Å². The van der Waals surface area contributed by atoms with Crippen molar-refractivity contribution in [3.8, 4) is 11.3 Å². The van der Waals surface area contributed by atoms with Crippen LogP contribution in [0.25, 0.3) is 22.2 Å². The third-order valence-corrected chi connectivity index (χ3v) is 4.54. The fourth-order valence-electron chi connectivity index (χ4n) is 3.03. The van der Waals surface area contributed by atoms with Crippen LogP contribution in [-0.4, -0.2) is 20.7 Å². The summed E-state index contributed by atoms with van der Waals surface area (Å²) in [6, 6.07) is 21.1. The second-order valence-electron chi connectivity index (χ2n) is 6.41. The van der Waals surface area contributed by atoms with Gasteiger partial charge in [-0.15, -0.1) is 0 Å². The molecule has 0 radical (unpaired) electrons. The number of nitrogens with zero attached hydrogens (tertiary/aromatic N) is 3. The maximum atomic E-state index is 12.8. The molecule has 138 valence electrons. The van der Waals surface area contributed by atoms with Crippen molar-refractivity contribution in [1.82, 2.24) is 14.8 Å². The summed E-state index contributed by atoms with van der Waals surface area (Å²) in [5.74, 6) is -0.323. The highest BCUT2D eigenvalue weighted by Gasteiger charge is 2.19. The minimum atomic E-state index is -0.775. The third-order valence-electron chi connectivity index (χ3n) is 4.54. The fraction of sp³-hybridized carbons (Fsp3) is 0.0909. The van der Waals surface area contributed by atoms with Gasteiger partial charge in [0.05, 0.1) is 16.9 Å². The van der Waals surface area contributed by atoms with Crippen LogP contribution in [0.15, 0.2) is 83.8 Å². The first kappa shape index (κ1) is 17.6. The summed E-state index contributed by atoms with van der Waals surface area (Å²) in [4.78, 5) is 29.4. The lowest BCUT2D eigenvalue weighted by Gasteiger charge is -2.16. The number of pyridine rings is 1. The van der Waals surface area contributed by atoms with Crippen LogP contribution in [0.4, 0.5) is 5.69 Å². The number of hydrogen-bond acceptors (Lipinski definition) is 4. The van der Waals surface area contributed by atoms with Crippen LogP contribution in [0.3, 0.4) is 0 Å². The van der Waals surface area contributed by atoms with E-state index in [1.165, 1.54) is 10.7 Å². The molecule has 2 aromatic heterocycles. The molecule has 6 heteroatoms. The SMILES string of the molecule is CC(C(=O)Nc1cccc2ncccc12)n1nc(-c2ccccc2)ccc1=O. The molecule has 6 nitrogen and oxygen atoms in total. The highest BCUT2D eigenvalue weighted by Crippen LogP contribution is 2.22. The van der Waals surface area contributed by atoms with Gasteiger partial charge in [-0.2, -0.15) is 5.10 Å². The Kier molecular flexibility index (Phi) is 4.68. The zero-order valence-electron chi connectivity index (χ0n) is 15.2. The molecule has 28 heavy (non-hydrogen) atoms. The molecule has 2 aromatic carbocycles. The Labute approximate surface area is 161 Å². The normalized spacial score (nSPS) is 11.9. The Bertz CT molecular complexity index is 1200. The van der Waals surface area contributed by atoms with Gasteiger partial charge < -0.3 is 5.32 Å². The molecule has 1 atom stereocenters. The molecule has 4 rings (SSSR count). The summed E-state index contributed by atoms with van der Waals surface area (Å²) >= 11 is 0. The van der Waals surface area contributed by atoms with E-state index in [0.717, 1.165) is 16.5 Å². The highest BCUT2D eigenvalue weighted by molar-refractivity contribution is 6.02. The van der Waals surface area contributed by atoms with Gasteiger partial charge in [-0.05, 0) is 37.3 Å².